The van der Waals surface area contributed by atoms with Crippen LogP contribution in [0.25, 0.3) is 0 Å². The summed E-state index contributed by atoms with van der Waals surface area (Å²) in [4.78, 5) is 11.5. The Morgan fingerprint density at radius 2 is 2.18 bits per heavy atom. The average molecular weight is 153 g/mol. The van der Waals surface area contributed by atoms with Gasteiger partial charge in [-0.1, -0.05) is 6.42 Å². The third-order valence-electron chi connectivity index (χ3n) is 3.00. The fourth-order valence-electron chi connectivity index (χ4n) is 2.30. The summed E-state index contributed by atoms with van der Waals surface area (Å²) in [7, 11) is 0. The van der Waals surface area contributed by atoms with Crippen molar-refractivity contribution < 1.29 is 4.79 Å². The first kappa shape index (κ1) is 7.29. The van der Waals surface area contributed by atoms with Gasteiger partial charge in [0.05, 0.1) is 0 Å². The highest BCUT2D eigenvalue weighted by atomic mass is 16.1. The Balaban J connectivity index is 2.09. The summed E-state index contributed by atoms with van der Waals surface area (Å²) in [5.74, 6) is 1.56. The molecule has 0 bridgehead atoms. The number of carbonyl (C=O) groups excluding carboxylic acids is 1. The van der Waals surface area contributed by atoms with Gasteiger partial charge in [-0.25, -0.2) is 0 Å². The van der Waals surface area contributed by atoms with Gasteiger partial charge < -0.3 is 5.32 Å². The lowest BCUT2D eigenvalue weighted by atomic mass is 9.91. The molecule has 1 aliphatic heterocycles. The van der Waals surface area contributed by atoms with Crippen LogP contribution in [0, 0.1) is 11.8 Å². The molecule has 0 spiro atoms. The number of Topliss-reactive ketones (excluding diaryl/α,β-unsaturated/α-hetero) is 1. The maximum Gasteiger partial charge on any atom is 0.137 e. The molecule has 1 N–H and O–H groups in total. The molecule has 1 aliphatic carbocycles. The van der Waals surface area contributed by atoms with Gasteiger partial charge in [0.15, 0.2) is 0 Å². The van der Waals surface area contributed by atoms with Crippen LogP contribution < -0.4 is 5.32 Å². The van der Waals surface area contributed by atoms with E-state index in [1.54, 1.807) is 0 Å². The fourth-order valence-corrected chi connectivity index (χ4v) is 2.30. The molecule has 62 valence electrons. The molecule has 0 radical (unpaired) electrons. The van der Waals surface area contributed by atoms with E-state index in [4.69, 9.17) is 0 Å². The second-order valence-electron chi connectivity index (χ2n) is 3.74. The first-order chi connectivity index (χ1) is 5.38. The van der Waals surface area contributed by atoms with Crippen LogP contribution in [0.3, 0.4) is 0 Å². The van der Waals surface area contributed by atoms with Gasteiger partial charge >= 0.3 is 0 Å². The van der Waals surface area contributed by atoms with Crippen LogP contribution in [0.1, 0.15) is 25.7 Å². The van der Waals surface area contributed by atoms with E-state index in [2.05, 4.69) is 5.32 Å². The van der Waals surface area contributed by atoms with Crippen molar-refractivity contribution in [3.8, 4) is 0 Å². The Morgan fingerprint density at radius 3 is 3.09 bits per heavy atom. The molecule has 1 heterocycles. The smallest absolute Gasteiger partial charge is 0.137 e. The molecule has 0 aromatic rings. The molecule has 0 aromatic carbocycles. The summed E-state index contributed by atoms with van der Waals surface area (Å²) >= 11 is 0. The third kappa shape index (κ3) is 1.32. The van der Waals surface area contributed by atoms with E-state index in [0.717, 1.165) is 25.9 Å². The lowest BCUT2D eigenvalue weighted by molar-refractivity contribution is -0.122. The second kappa shape index (κ2) is 2.94. The van der Waals surface area contributed by atoms with Crippen molar-refractivity contribution in [3.05, 3.63) is 0 Å². The average Bonchev–Trinajstić information content (AvgIpc) is 2.40. The minimum absolute atomic E-state index is 0.373. The van der Waals surface area contributed by atoms with Gasteiger partial charge in [-0.15, -0.1) is 0 Å². The summed E-state index contributed by atoms with van der Waals surface area (Å²) in [6, 6.07) is 0. The Kier molecular flexibility index (Phi) is 1.95. The van der Waals surface area contributed by atoms with Crippen molar-refractivity contribution in [2.45, 2.75) is 25.7 Å². The molecule has 11 heavy (non-hydrogen) atoms. The van der Waals surface area contributed by atoms with Crippen molar-refractivity contribution in [3.63, 3.8) is 0 Å². The number of carbonyl (C=O) groups is 1. The van der Waals surface area contributed by atoms with Gasteiger partial charge in [0.1, 0.15) is 5.78 Å². The van der Waals surface area contributed by atoms with E-state index in [1.165, 1.54) is 12.8 Å². The van der Waals surface area contributed by atoms with Gasteiger partial charge in [0, 0.05) is 18.9 Å². The molecule has 0 unspecified atom stereocenters. The third-order valence-corrected chi connectivity index (χ3v) is 3.00. The maximum atomic E-state index is 11.5. The number of nitrogens with one attached hydrogen (secondary N) is 1. The van der Waals surface area contributed by atoms with Crippen LogP contribution in [0.5, 0.6) is 0 Å². The summed E-state index contributed by atoms with van der Waals surface area (Å²) in [6.45, 7) is 2.03. The second-order valence-corrected chi connectivity index (χ2v) is 3.74. The van der Waals surface area contributed by atoms with E-state index in [1.807, 2.05) is 0 Å². The number of ketones is 1. The number of hydrogen-bond donors (Lipinski definition) is 1. The monoisotopic (exact) mass is 153 g/mol. The van der Waals surface area contributed by atoms with Gasteiger partial charge in [0.2, 0.25) is 0 Å². The summed E-state index contributed by atoms with van der Waals surface area (Å²) in [5, 5.41) is 3.30. The van der Waals surface area contributed by atoms with Crippen LogP contribution in [0.15, 0.2) is 0 Å². The predicted molar refractivity (Wildman–Crippen MR) is 43.3 cm³/mol. The summed E-state index contributed by atoms with van der Waals surface area (Å²) < 4.78 is 0. The predicted octanol–water partition coefficient (Wildman–Crippen LogP) is 0.965. The largest absolute Gasteiger partial charge is 0.316 e. The minimum Gasteiger partial charge on any atom is -0.316 e. The molecule has 1 saturated carbocycles. The van der Waals surface area contributed by atoms with Crippen molar-refractivity contribution in [1.82, 2.24) is 5.32 Å². The van der Waals surface area contributed by atoms with Crippen molar-refractivity contribution in [2.24, 2.45) is 11.8 Å². The highest BCUT2D eigenvalue weighted by molar-refractivity contribution is 5.82. The zero-order valence-corrected chi connectivity index (χ0v) is 6.81. The topological polar surface area (TPSA) is 29.1 Å². The summed E-state index contributed by atoms with van der Waals surface area (Å²) in [6.07, 6.45) is 4.49. The van der Waals surface area contributed by atoms with E-state index >= 15 is 0 Å². The molecule has 1 saturated heterocycles. The van der Waals surface area contributed by atoms with Crippen molar-refractivity contribution in [2.75, 3.05) is 13.1 Å². The van der Waals surface area contributed by atoms with Gasteiger partial charge in [-0.05, 0) is 25.3 Å². The van der Waals surface area contributed by atoms with Gasteiger partial charge in [-0.2, -0.15) is 0 Å². The normalized spacial score (nSPS) is 38.4. The van der Waals surface area contributed by atoms with Crippen molar-refractivity contribution >= 4 is 5.78 Å². The SMILES string of the molecule is O=C1CCCC[C@H]2CNC[C@@H]12. The van der Waals surface area contributed by atoms with Crippen LogP contribution in [0.4, 0.5) is 0 Å². The molecule has 2 fully saturated rings. The Hall–Kier alpha value is -0.370. The van der Waals surface area contributed by atoms with E-state index < -0.39 is 0 Å². The quantitative estimate of drug-likeness (QED) is 0.561. The lowest BCUT2D eigenvalue weighted by Gasteiger charge is -2.11. The molecular formula is C9H15NO. The first-order valence-electron chi connectivity index (χ1n) is 4.61. The standard InChI is InChI=1S/C9H15NO/c11-9-4-2-1-3-7-5-10-6-8(7)9/h7-8,10H,1-6H2/t7-,8+/m0/s1. The van der Waals surface area contributed by atoms with E-state index in [-0.39, 0.29) is 0 Å². The Bertz CT molecular complexity index is 167. The number of rotatable bonds is 0. The fraction of sp³-hybridized carbons (Fsp3) is 0.889. The maximum absolute atomic E-state index is 11.5. The molecule has 2 atom stereocenters. The van der Waals surface area contributed by atoms with Crippen LogP contribution >= 0.6 is 0 Å². The lowest BCUT2D eigenvalue weighted by Crippen LogP contribution is -2.20. The molecule has 2 heteroatoms. The highest BCUT2D eigenvalue weighted by Gasteiger charge is 2.33. The molecular weight excluding hydrogens is 138 g/mol. The van der Waals surface area contributed by atoms with Crippen LogP contribution in [-0.2, 0) is 4.79 Å². The summed E-state index contributed by atoms with van der Waals surface area (Å²) in [5.41, 5.74) is 0. The first-order valence-corrected chi connectivity index (χ1v) is 4.61. The van der Waals surface area contributed by atoms with Crippen LogP contribution in [0.2, 0.25) is 0 Å². The molecule has 2 aliphatic rings. The number of hydrogen-bond acceptors (Lipinski definition) is 2. The van der Waals surface area contributed by atoms with Gasteiger partial charge in [-0.3, -0.25) is 4.79 Å². The Morgan fingerprint density at radius 1 is 1.27 bits per heavy atom. The van der Waals surface area contributed by atoms with Crippen LogP contribution in [-0.4, -0.2) is 18.9 Å². The van der Waals surface area contributed by atoms with E-state index in [0.29, 0.717) is 17.6 Å². The molecule has 0 aromatic heterocycles. The van der Waals surface area contributed by atoms with E-state index in [9.17, 15) is 4.79 Å². The minimum atomic E-state index is 0.373. The highest BCUT2D eigenvalue weighted by Crippen LogP contribution is 2.28. The molecule has 0 amide bonds. The number of fused-ring (bicyclic) bond motifs is 1. The molecule has 2 nitrogen and oxygen atoms in total. The Labute approximate surface area is 67.4 Å². The molecule has 2 rings (SSSR count). The van der Waals surface area contributed by atoms with Gasteiger partial charge in [0.25, 0.3) is 0 Å². The zero-order chi connectivity index (χ0) is 7.68. The van der Waals surface area contributed by atoms with Crippen molar-refractivity contribution in [1.29, 1.82) is 0 Å². The zero-order valence-electron chi connectivity index (χ0n) is 6.81.